The van der Waals surface area contributed by atoms with Crippen molar-refractivity contribution in [2.75, 3.05) is 39.1 Å². The zero-order chi connectivity index (χ0) is 13.7. The Bertz CT molecular complexity index is 377. The van der Waals surface area contributed by atoms with Gasteiger partial charge in [0.2, 0.25) is 0 Å². The maximum atomic E-state index is 5.88. The molecule has 4 heteroatoms. The van der Waals surface area contributed by atoms with Gasteiger partial charge in [-0.2, -0.15) is 0 Å². The highest BCUT2D eigenvalue weighted by Gasteiger charge is 2.08. The highest BCUT2D eigenvalue weighted by molar-refractivity contribution is 9.10. The summed E-state index contributed by atoms with van der Waals surface area (Å²) in [5, 5.41) is 0. The number of anilines is 1. The first-order valence-corrected chi connectivity index (χ1v) is 7.12. The highest BCUT2D eigenvalue weighted by Crippen LogP contribution is 2.28. The van der Waals surface area contributed by atoms with Crippen LogP contribution in [0.15, 0.2) is 22.7 Å². The molecule has 2 N–H and O–H groups in total. The molecule has 0 radical (unpaired) electrons. The van der Waals surface area contributed by atoms with Crippen LogP contribution in [-0.2, 0) is 0 Å². The summed E-state index contributed by atoms with van der Waals surface area (Å²) in [6.45, 7) is 4.16. The standard InChI is InChI=1S/C14H24BrN3/c1-11(16)12-6-7-14(13(15)10-12)18(4)9-5-8-17(2)3/h6-7,10-11H,5,8-9,16H2,1-4H3/t11-/m0/s1. The molecule has 3 nitrogen and oxygen atoms in total. The molecule has 0 fully saturated rings. The molecule has 0 bridgehead atoms. The van der Waals surface area contributed by atoms with Gasteiger partial charge in [-0.05, 0) is 67.6 Å². The fourth-order valence-corrected chi connectivity index (χ4v) is 2.56. The van der Waals surface area contributed by atoms with Gasteiger partial charge in [-0.3, -0.25) is 0 Å². The topological polar surface area (TPSA) is 32.5 Å². The number of hydrogen-bond acceptors (Lipinski definition) is 3. The van der Waals surface area contributed by atoms with E-state index in [1.807, 2.05) is 6.92 Å². The molecule has 1 aromatic rings. The van der Waals surface area contributed by atoms with Crippen LogP contribution in [0.5, 0.6) is 0 Å². The Balaban J connectivity index is 2.65. The van der Waals surface area contributed by atoms with Crippen LogP contribution in [0.1, 0.15) is 24.9 Å². The lowest BCUT2D eigenvalue weighted by molar-refractivity contribution is 0.401. The van der Waals surface area contributed by atoms with Crippen molar-refractivity contribution in [1.82, 2.24) is 4.90 Å². The first kappa shape index (κ1) is 15.5. The Morgan fingerprint density at radius 3 is 2.39 bits per heavy atom. The summed E-state index contributed by atoms with van der Waals surface area (Å²) in [5.74, 6) is 0. The summed E-state index contributed by atoms with van der Waals surface area (Å²) in [5.41, 5.74) is 8.26. The highest BCUT2D eigenvalue weighted by atomic mass is 79.9. The number of benzene rings is 1. The molecule has 1 atom stereocenters. The van der Waals surface area contributed by atoms with Gasteiger partial charge in [0, 0.05) is 24.1 Å². The van der Waals surface area contributed by atoms with Crippen molar-refractivity contribution in [2.45, 2.75) is 19.4 Å². The van der Waals surface area contributed by atoms with Crippen molar-refractivity contribution in [2.24, 2.45) is 5.73 Å². The number of hydrogen-bond donors (Lipinski definition) is 1. The van der Waals surface area contributed by atoms with Gasteiger partial charge in [0.15, 0.2) is 0 Å². The Morgan fingerprint density at radius 1 is 1.22 bits per heavy atom. The Kier molecular flexibility index (Phi) is 6.12. The van der Waals surface area contributed by atoms with Crippen LogP contribution < -0.4 is 10.6 Å². The largest absolute Gasteiger partial charge is 0.374 e. The van der Waals surface area contributed by atoms with E-state index in [-0.39, 0.29) is 6.04 Å². The molecule has 0 aliphatic heterocycles. The Labute approximate surface area is 119 Å². The monoisotopic (exact) mass is 313 g/mol. The van der Waals surface area contributed by atoms with E-state index < -0.39 is 0 Å². The van der Waals surface area contributed by atoms with Gasteiger partial charge in [0.05, 0.1) is 5.69 Å². The number of halogens is 1. The van der Waals surface area contributed by atoms with Crippen LogP contribution in [0.4, 0.5) is 5.69 Å². The molecule has 0 aromatic heterocycles. The Morgan fingerprint density at radius 2 is 1.89 bits per heavy atom. The lowest BCUT2D eigenvalue weighted by Gasteiger charge is -2.22. The average Bonchev–Trinajstić information content (AvgIpc) is 2.27. The maximum absolute atomic E-state index is 5.88. The Hall–Kier alpha value is -0.580. The van der Waals surface area contributed by atoms with Crippen LogP contribution in [0.2, 0.25) is 0 Å². The van der Waals surface area contributed by atoms with Crippen molar-refractivity contribution in [3.63, 3.8) is 0 Å². The molecular formula is C14H24BrN3. The quantitative estimate of drug-likeness (QED) is 0.876. The molecule has 0 heterocycles. The molecule has 0 amide bonds. The molecule has 0 spiro atoms. The van der Waals surface area contributed by atoms with Gasteiger partial charge in [-0.15, -0.1) is 0 Å². The molecule has 0 saturated heterocycles. The van der Waals surface area contributed by atoms with Gasteiger partial charge in [-0.1, -0.05) is 6.07 Å². The van der Waals surface area contributed by atoms with E-state index in [1.165, 1.54) is 5.69 Å². The van der Waals surface area contributed by atoms with Gasteiger partial charge in [-0.25, -0.2) is 0 Å². The minimum absolute atomic E-state index is 0.0781. The summed E-state index contributed by atoms with van der Waals surface area (Å²) >= 11 is 3.63. The summed E-state index contributed by atoms with van der Waals surface area (Å²) < 4.78 is 1.12. The van der Waals surface area contributed by atoms with Crippen LogP contribution in [0.25, 0.3) is 0 Å². The molecule has 0 aliphatic rings. The third kappa shape index (κ3) is 4.59. The van der Waals surface area contributed by atoms with Crippen LogP contribution >= 0.6 is 15.9 Å². The van der Waals surface area contributed by atoms with Crippen molar-refractivity contribution < 1.29 is 0 Å². The fraction of sp³-hybridized carbons (Fsp3) is 0.571. The summed E-state index contributed by atoms with van der Waals surface area (Å²) in [4.78, 5) is 4.49. The number of rotatable bonds is 6. The van der Waals surface area contributed by atoms with E-state index in [0.29, 0.717) is 0 Å². The molecule has 0 aliphatic carbocycles. The van der Waals surface area contributed by atoms with E-state index >= 15 is 0 Å². The lowest BCUT2D eigenvalue weighted by atomic mass is 10.1. The minimum Gasteiger partial charge on any atom is -0.374 e. The predicted molar refractivity (Wildman–Crippen MR) is 83.2 cm³/mol. The molecule has 0 saturated carbocycles. The van der Waals surface area contributed by atoms with Crippen molar-refractivity contribution >= 4 is 21.6 Å². The summed E-state index contributed by atoms with van der Waals surface area (Å²) in [6, 6.07) is 6.43. The molecular weight excluding hydrogens is 290 g/mol. The normalized spacial score (nSPS) is 12.8. The van der Waals surface area contributed by atoms with Gasteiger partial charge < -0.3 is 15.5 Å². The molecule has 0 unspecified atom stereocenters. The second-order valence-corrected chi connectivity index (χ2v) is 5.93. The fourth-order valence-electron chi connectivity index (χ4n) is 1.86. The van der Waals surface area contributed by atoms with Crippen LogP contribution in [0, 0.1) is 0 Å². The van der Waals surface area contributed by atoms with E-state index in [4.69, 9.17) is 5.73 Å². The zero-order valence-corrected chi connectivity index (χ0v) is 13.4. The van der Waals surface area contributed by atoms with Gasteiger partial charge in [0.25, 0.3) is 0 Å². The second-order valence-electron chi connectivity index (χ2n) is 5.08. The smallest absolute Gasteiger partial charge is 0.0508 e. The number of nitrogens with two attached hydrogens (primary N) is 1. The molecule has 1 rings (SSSR count). The predicted octanol–water partition coefficient (Wildman–Crippen LogP) is 2.86. The van der Waals surface area contributed by atoms with Gasteiger partial charge in [0.1, 0.15) is 0 Å². The van der Waals surface area contributed by atoms with Crippen molar-refractivity contribution in [3.8, 4) is 0 Å². The lowest BCUT2D eigenvalue weighted by Crippen LogP contribution is -2.23. The maximum Gasteiger partial charge on any atom is 0.0508 e. The third-order valence-electron chi connectivity index (χ3n) is 3.01. The molecule has 18 heavy (non-hydrogen) atoms. The van der Waals surface area contributed by atoms with Crippen LogP contribution in [0.3, 0.4) is 0 Å². The van der Waals surface area contributed by atoms with Gasteiger partial charge >= 0.3 is 0 Å². The second kappa shape index (κ2) is 7.12. The number of nitrogens with zero attached hydrogens (tertiary/aromatic N) is 2. The van der Waals surface area contributed by atoms with E-state index in [9.17, 15) is 0 Å². The van der Waals surface area contributed by atoms with Crippen molar-refractivity contribution in [3.05, 3.63) is 28.2 Å². The first-order chi connectivity index (χ1) is 8.41. The third-order valence-corrected chi connectivity index (χ3v) is 3.64. The minimum atomic E-state index is 0.0781. The average molecular weight is 314 g/mol. The van der Waals surface area contributed by atoms with E-state index in [2.05, 4.69) is 65.1 Å². The summed E-state index contributed by atoms with van der Waals surface area (Å²) in [7, 11) is 6.34. The molecule has 1 aromatic carbocycles. The van der Waals surface area contributed by atoms with Crippen LogP contribution in [-0.4, -0.2) is 39.1 Å². The SMILES string of the molecule is C[C@H](N)c1ccc(N(C)CCCN(C)C)c(Br)c1. The van der Waals surface area contributed by atoms with Crippen molar-refractivity contribution in [1.29, 1.82) is 0 Å². The zero-order valence-electron chi connectivity index (χ0n) is 11.8. The van der Waals surface area contributed by atoms with E-state index in [1.54, 1.807) is 0 Å². The van der Waals surface area contributed by atoms with E-state index in [0.717, 1.165) is 29.5 Å². The summed E-state index contributed by atoms with van der Waals surface area (Å²) in [6.07, 6.45) is 1.16. The molecule has 102 valence electrons. The first-order valence-electron chi connectivity index (χ1n) is 6.32.